The summed E-state index contributed by atoms with van der Waals surface area (Å²) in [6.45, 7) is 5.31. The molecule has 1 atom stereocenters. The van der Waals surface area contributed by atoms with Crippen LogP contribution in [0.5, 0.6) is 0 Å². The highest BCUT2D eigenvalue weighted by Crippen LogP contribution is 2.29. The number of hydrogen-bond acceptors (Lipinski definition) is 5. The van der Waals surface area contributed by atoms with E-state index in [1.165, 1.54) is 4.31 Å². The molecule has 7 nitrogen and oxygen atoms in total. The molecule has 2 saturated heterocycles. The van der Waals surface area contributed by atoms with E-state index in [2.05, 4.69) is 0 Å². The first-order valence-electron chi connectivity index (χ1n) is 9.90. The number of aryl methyl sites for hydroxylation is 1. The fraction of sp³-hybridized carbons (Fsp3) is 0.600. The summed E-state index contributed by atoms with van der Waals surface area (Å²) in [6.07, 6.45) is 2.94. The molecule has 0 aromatic heterocycles. The third-order valence-electron chi connectivity index (χ3n) is 5.40. The van der Waals surface area contributed by atoms with Crippen LogP contribution in [0.25, 0.3) is 0 Å². The molecule has 1 aromatic carbocycles. The number of ether oxygens (including phenoxy) is 1. The number of benzene rings is 1. The molecule has 0 aliphatic carbocycles. The van der Waals surface area contributed by atoms with E-state index in [1.807, 2.05) is 6.92 Å². The van der Waals surface area contributed by atoms with Crippen molar-refractivity contribution in [2.45, 2.75) is 39.5 Å². The number of amides is 1. The second-order valence-electron chi connectivity index (χ2n) is 7.44. The van der Waals surface area contributed by atoms with Crippen LogP contribution in [0.1, 0.15) is 48.5 Å². The first kappa shape index (κ1) is 20.6. The topological polar surface area (TPSA) is 84.0 Å². The molecule has 0 unspecified atom stereocenters. The third-order valence-corrected chi connectivity index (χ3v) is 7.26. The molecular weight excluding hydrogens is 380 g/mol. The Kier molecular flexibility index (Phi) is 6.27. The summed E-state index contributed by atoms with van der Waals surface area (Å²) in [4.78, 5) is 26.8. The van der Waals surface area contributed by atoms with E-state index in [1.54, 1.807) is 30.0 Å². The van der Waals surface area contributed by atoms with Crippen LogP contribution < -0.4 is 4.31 Å². The number of carbonyl (C=O) groups excluding carboxylic acids is 2. The quantitative estimate of drug-likeness (QED) is 0.714. The van der Waals surface area contributed by atoms with Crippen molar-refractivity contribution in [3.05, 3.63) is 29.3 Å². The Bertz CT molecular complexity index is 852. The van der Waals surface area contributed by atoms with Gasteiger partial charge in [0.2, 0.25) is 10.0 Å². The molecular formula is C20H28N2O5S. The Labute approximate surface area is 166 Å². The molecule has 0 bridgehead atoms. The zero-order valence-electron chi connectivity index (χ0n) is 16.5. The normalized spacial score (nSPS) is 22.0. The van der Waals surface area contributed by atoms with Gasteiger partial charge in [-0.25, -0.2) is 8.42 Å². The van der Waals surface area contributed by atoms with Crippen LogP contribution in [-0.2, 0) is 19.6 Å². The summed E-state index contributed by atoms with van der Waals surface area (Å²) in [5.74, 6) is -0.600. The van der Waals surface area contributed by atoms with E-state index in [-0.39, 0.29) is 23.5 Å². The largest absolute Gasteiger partial charge is 0.466 e. The van der Waals surface area contributed by atoms with Crippen LogP contribution in [0.2, 0.25) is 0 Å². The average molecular weight is 409 g/mol. The summed E-state index contributed by atoms with van der Waals surface area (Å²) in [5.41, 5.74) is 1.85. The zero-order valence-corrected chi connectivity index (χ0v) is 17.3. The fourth-order valence-electron chi connectivity index (χ4n) is 3.87. The standard InChI is InChI=1S/C20H28N2O5S/c1-3-27-20(24)17-7-6-10-21(14-17)19(23)16-9-8-15(2)18(13-16)22-11-4-5-12-28(22,25)26/h8-9,13,17H,3-7,10-12,14H2,1-2H3/t17-/m0/s1. The number of carbonyl (C=O) groups is 2. The minimum Gasteiger partial charge on any atom is -0.466 e. The second kappa shape index (κ2) is 8.51. The third kappa shape index (κ3) is 4.32. The molecule has 0 radical (unpaired) electrons. The molecule has 2 heterocycles. The molecule has 0 N–H and O–H groups in total. The minimum atomic E-state index is -3.35. The van der Waals surface area contributed by atoms with Crippen molar-refractivity contribution < 1.29 is 22.7 Å². The van der Waals surface area contributed by atoms with Gasteiger partial charge in [0.15, 0.2) is 0 Å². The van der Waals surface area contributed by atoms with Crippen LogP contribution in [0, 0.1) is 12.8 Å². The minimum absolute atomic E-state index is 0.137. The lowest BCUT2D eigenvalue weighted by molar-refractivity contribution is -0.149. The summed E-state index contributed by atoms with van der Waals surface area (Å²) < 4.78 is 31.5. The molecule has 2 aliphatic rings. The summed E-state index contributed by atoms with van der Waals surface area (Å²) in [6, 6.07) is 5.19. The van der Waals surface area contributed by atoms with Crippen LogP contribution >= 0.6 is 0 Å². The van der Waals surface area contributed by atoms with Gasteiger partial charge < -0.3 is 9.64 Å². The monoisotopic (exact) mass is 408 g/mol. The van der Waals surface area contributed by atoms with Crippen LogP contribution in [0.15, 0.2) is 18.2 Å². The molecule has 0 saturated carbocycles. The molecule has 1 amide bonds. The lowest BCUT2D eigenvalue weighted by atomic mass is 9.97. The first-order chi connectivity index (χ1) is 13.3. The summed E-state index contributed by atoms with van der Waals surface area (Å²) >= 11 is 0. The predicted octanol–water partition coefficient (Wildman–Crippen LogP) is 2.34. The number of sulfonamides is 1. The molecule has 2 aliphatic heterocycles. The lowest BCUT2D eigenvalue weighted by Crippen LogP contribution is -2.43. The van der Waals surface area contributed by atoms with Crippen molar-refractivity contribution >= 4 is 27.6 Å². The SMILES string of the molecule is CCOC(=O)[C@H]1CCCN(C(=O)c2ccc(C)c(N3CCCCS3(=O)=O)c2)C1. The number of esters is 1. The summed E-state index contributed by atoms with van der Waals surface area (Å²) in [7, 11) is -3.35. The summed E-state index contributed by atoms with van der Waals surface area (Å²) in [5, 5.41) is 0. The molecule has 154 valence electrons. The van der Waals surface area contributed by atoms with Crippen molar-refractivity contribution in [2.75, 3.05) is 36.3 Å². The van der Waals surface area contributed by atoms with Crippen LogP contribution in [0.4, 0.5) is 5.69 Å². The molecule has 28 heavy (non-hydrogen) atoms. The van der Waals surface area contributed by atoms with Crippen LogP contribution in [-0.4, -0.2) is 57.2 Å². The van der Waals surface area contributed by atoms with E-state index in [0.717, 1.165) is 18.4 Å². The van der Waals surface area contributed by atoms with Gasteiger partial charge in [-0.3, -0.25) is 13.9 Å². The molecule has 2 fully saturated rings. The van der Waals surface area contributed by atoms with Gasteiger partial charge in [-0.05, 0) is 57.2 Å². The van der Waals surface area contributed by atoms with E-state index in [4.69, 9.17) is 4.74 Å². The molecule has 0 spiro atoms. The van der Waals surface area contributed by atoms with Crippen molar-refractivity contribution in [3.63, 3.8) is 0 Å². The zero-order chi connectivity index (χ0) is 20.3. The Morgan fingerprint density at radius 2 is 1.96 bits per heavy atom. The maximum Gasteiger partial charge on any atom is 0.310 e. The van der Waals surface area contributed by atoms with Gasteiger partial charge in [-0.2, -0.15) is 0 Å². The number of anilines is 1. The van der Waals surface area contributed by atoms with E-state index < -0.39 is 10.0 Å². The van der Waals surface area contributed by atoms with E-state index in [9.17, 15) is 18.0 Å². The maximum atomic E-state index is 13.0. The van der Waals surface area contributed by atoms with E-state index >= 15 is 0 Å². The van der Waals surface area contributed by atoms with Gasteiger partial charge in [0.25, 0.3) is 5.91 Å². The number of hydrogen-bond donors (Lipinski definition) is 0. The molecule has 3 rings (SSSR count). The Morgan fingerprint density at radius 3 is 2.68 bits per heavy atom. The number of piperidine rings is 1. The number of rotatable bonds is 4. The number of likely N-dealkylation sites (tertiary alicyclic amines) is 1. The smallest absolute Gasteiger partial charge is 0.310 e. The van der Waals surface area contributed by atoms with Gasteiger partial charge >= 0.3 is 5.97 Å². The van der Waals surface area contributed by atoms with Crippen molar-refractivity contribution in [1.29, 1.82) is 0 Å². The van der Waals surface area contributed by atoms with Gasteiger partial charge in [0, 0.05) is 25.2 Å². The van der Waals surface area contributed by atoms with Crippen molar-refractivity contribution in [2.24, 2.45) is 5.92 Å². The molecule has 1 aromatic rings. The second-order valence-corrected chi connectivity index (χ2v) is 9.45. The van der Waals surface area contributed by atoms with Crippen LogP contribution in [0.3, 0.4) is 0 Å². The molecule has 8 heteroatoms. The Hall–Kier alpha value is -2.09. The highest BCUT2D eigenvalue weighted by atomic mass is 32.2. The fourth-order valence-corrected chi connectivity index (χ4v) is 5.56. The highest BCUT2D eigenvalue weighted by Gasteiger charge is 2.31. The Balaban J connectivity index is 1.82. The van der Waals surface area contributed by atoms with Crippen molar-refractivity contribution in [1.82, 2.24) is 4.90 Å². The highest BCUT2D eigenvalue weighted by molar-refractivity contribution is 7.92. The van der Waals surface area contributed by atoms with Gasteiger partial charge in [0.1, 0.15) is 0 Å². The lowest BCUT2D eigenvalue weighted by Gasteiger charge is -2.32. The number of nitrogens with zero attached hydrogens (tertiary/aromatic N) is 2. The van der Waals surface area contributed by atoms with Crippen molar-refractivity contribution in [3.8, 4) is 0 Å². The van der Waals surface area contributed by atoms with Gasteiger partial charge in [-0.15, -0.1) is 0 Å². The predicted molar refractivity (Wildman–Crippen MR) is 107 cm³/mol. The maximum absolute atomic E-state index is 13.0. The van der Waals surface area contributed by atoms with E-state index in [0.29, 0.717) is 50.3 Å². The van der Waals surface area contributed by atoms with Gasteiger partial charge in [-0.1, -0.05) is 6.07 Å². The Morgan fingerprint density at radius 1 is 1.18 bits per heavy atom. The first-order valence-corrected chi connectivity index (χ1v) is 11.5. The van der Waals surface area contributed by atoms with Gasteiger partial charge in [0.05, 0.1) is 24.0 Å². The average Bonchev–Trinajstić information content (AvgIpc) is 2.68.